The molecule has 0 bridgehead atoms. The van der Waals surface area contributed by atoms with Crippen molar-refractivity contribution in [2.24, 2.45) is 0 Å². The average Bonchev–Trinajstić information content (AvgIpc) is 2.42. The molecule has 1 aromatic carbocycles. The Balaban J connectivity index is 2.36. The van der Waals surface area contributed by atoms with Crippen LogP contribution in [0.15, 0.2) is 24.3 Å². The van der Waals surface area contributed by atoms with Crippen LogP contribution in [0.3, 0.4) is 0 Å². The van der Waals surface area contributed by atoms with Crippen molar-refractivity contribution in [1.82, 2.24) is 9.97 Å². The molecule has 0 aliphatic heterocycles. The minimum absolute atomic E-state index is 0.565. The van der Waals surface area contributed by atoms with Gasteiger partial charge in [-0.2, -0.15) is 4.98 Å². The van der Waals surface area contributed by atoms with Crippen LogP contribution < -0.4 is 10.1 Å². The second kappa shape index (κ2) is 6.57. The normalized spacial score (nSPS) is 10.4. The Labute approximate surface area is 124 Å². The minimum atomic E-state index is 0.565. The quantitative estimate of drug-likeness (QED) is 0.896. The predicted octanol–water partition coefficient (Wildman–Crippen LogP) is 4.22. The van der Waals surface area contributed by atoms with E-state index in [-0.39, 0.29) is 0 Å². The molecule has 0 saturated carbocycles. The Morgan fingerprint density at radius 1 is 1.30 bits per heavy atom. The molecule has 5 heteroatoms. The van der Waals surface area contributed by atoms with Gasteiger partial charge >= 0.3 is 0 Å². The number of hydrogen-bond acceptors (Lipinski definition) is 4. The monoisotopic (exact) mass is 291 g/mol. The van der Waals surface area contributed by atoms with E-state index in [1.165, 1.54) is 0 Å². The molecule has 1 heterocycles. The third-order valence-electron chi connectivity index (χ3n) is 2.87. The van der Waals surface area contributed by atoms with E-state index >= 15 is 0 Å². The van der Waals surface area contributed by atoms with E-state index in [0.717, 1.165) is 30.0 Å². The van der Waals surface area contributed by atoms with Crippen LogP contribution in [-0.4, -0.2) is 17.0 Å². The van der Waals surface area contributed by atoms with Gasteiger partial charge in [-0.1, -0.05) is 24.6 Å². The van der Waals surface area contributed by atoms with Gasteiger partial charge in [0.05, 0.1) is 5.56 Å². The molecule has 0 aliphatic rings. The van der Waals surface area contributed by atoms with Gasteiger partial charge in [-0.3, -0.25) is 0 Å². The van der Waals surface area contributed by atoms with Crippen molar-refractivity contribution in [1.29, 1.82) is 0 Å². The molecule has 0 unspecified atom stereocenters. The zero-order chi connectivity index (χ0) is 14.5. The van der Waals surface area contributed by atoms with Gasteiger partial charge in [-0.15, -0.1) is 0 Å². The molecular weight excluding hydrogens is 274 g/mol. The summed E-state index contributed by atoms with van der Waals surface area (Å²) < 4.78 is 5.84. The number of aromatic nitrogens is 2. The van der Waals surface area contributed by atoms with E-state index in [4.69, 9.17) is 16.3 Å². The summed E-state index contributed by atoms with van der Waals surface area (Å²) in [6, 6.07) is 7.27. The second-order valence-corrected chi connectivity index (χ2v) is 4.91. The summed E-state index contributed by atoms with van der Waals surface area (Å²) in [5, 5.41) is 3.71. The zero-order valence-corrected chi connectivity index (χ0v) is 12.7. The highest BCUT2D eigenvalue weighted by molar-refractivity contribution is 6.30. The fourth-order valence-corrected chi connectivity index (χ4v) is 2.04. The molecule has 0 fully saturated rings. The van der Waals surface area contributed by atoms with Gasteiger partial charge in [0, 0.05) is 18.5 Å². The topological polar surface area (TPSA) is 47.0 Å². The van der Waals surface area contributed by atoms with Crippen LogP contribution in [-0.2, 0) is 6.42 Å². The Kier molecular flexibility index (Phi) is 4.79. The first kappa shape index (κ1) is 14.6. The van der Waals surface area contributed by atoms with Gasteiger partial charge in [0.25, 0.3) is 0 Å². The molecule has 0 atom stereocenters. The Bertz CT molecular complexity index is 602. The van der Waals surface area contributed by atoms with Crippen molar-refractivity contribution >= 4 is 17.4 Å². The summed E-state index contributed by atoms with van der Waals surface area (Å²) >= 11 is 5.97. The molecular formula is C15H18ClN3O. The molecule has 2 aromatic rings. The first-order valence-electron chi connectivity index (χ1n) is 6.62. The maximum absolute atomic E-state index is 5.97. The van der Waals surface area contributed by atoms with Crippen molar-refractivity contribution in [3.05, 3.63) is 40.7 Å². The molecule has 0 saturated heterocycles. The summed E-state index contributed by atoms with van der Waals surface area (Å²) in [5.41, 5.74) is 0.882. The maximum atomic E-state index is 5.97. The first-order valence-corrected chi connectivity index (χ1v) is 7.00. The van der Waals surface area contributed by atoms with Gasteiger partial charge in [-0.25, -0.2) is 4.98 Å². The molecule has 0 amide bonds. The second-order valence-electron chi connectivity index (χ2n) is 4.48. The molecule has 106 valence electrons. The number of nitrogens with zero attached hydrogens (tertiary/aromatic N) is 2. The third kappa shape index (κ3) is 3.39. The number of benzene rings is 1. The number of nitrogens with one attached hydrogen (secondary N) is 1. The van der Waals surface area contributed by atoms with Gasteiger partial charge in [0.2, 0.25) is 5.88 Å². The molecule has 0 spiro atoms. The highest BCUT2D eigenvalue weighted by atomic mass is 35.5. The smallest absolute Gasteiger partial charge is 0.227 e. The van der Waals surface area contributed by atoms with E-state index in [2.05, 4.69) is 22.2 Å². The van der Waals surface area contributed by atoms with Crippen molar-refractivity contribution in [3.63, 3.8) is 0 Å². The lowest BCUT2D eigenvalue weighted by Crippen LogP contribution is -2.05. The van der Waals surface area contributed by atoms with Crippen LogP contribution in [0.2, 0.25) is 5.02 Å². The lowest BCUT2D eigenvalue weighted by Gasteiger charge is -2.12. The number of hydrogen-bond donors (Lipinski definition) is 1. The number of anilines is 1. The molecule has 1 aromatic heterocycles. The van der Waals surface area contributed by atoms with E-state index in [1.807, 2.05) is 32.2 Å². The number of rotatable bonds is 5. The standard InChI is InChI=1S/C15H18ClN3O/c1-4-6-13-18-14(17-3)10(2)15(19-13)20-12-8-5-7-11(16)9-12/h5,7-9H,4,6H2,1-3H3,(H,17,18,19). The van der Waals surface area contributed by atoms with Gasteiger partial charge in [-0.05, 0) is 31.5 Å². The van der Waals surface area contributed by atoms with Crippen LogP contribution in [0.5, 0.6) is 11.6 Å². The zero-order valence-electron chi connectivity index (χ0n) is 11.9. The van der Waals surface area contributed by atoms with Crippen LogP contribution in [0.25, 0.3) is 0 Å². The fraction of sp³-hybridized carbons (Fsp3) is 0.333. The van der Waals surface area contributed by atoms with Crippen molar-refractivity contribution in [2.75, 3.05) is 12.4 Å². The van der Waals surface area contributed by atoms with Gasteiger partial charge in [0.1, 0.15) is 17.4 Å². The third-order valence-corrected chi connectivity index (χ3v) is 3.10. The highest BCUT2D eigenvalue weighted by Gasteiger charge is 2.12. The molecule has 1 N–H and O–H groups in total. The van der Waals surface area contributed by atoms with Crippen molar-refractivity contribution in [2.45, 2.75) is 26.7 Å². The summed E-state index contributed by atoms with van der Waals surface area (Å²) in [5.74, 6) is 2.80. The molecule has 4 nitrogen and oxygen atoms in total. The van der Waals surface area contributed by atoms with Gasteiger partial charge in [0.15, 0.2) is 0 Å². The minimum Gasteiger partial charge on any atom is -0.438 e. The summed E-state index contributed by atoms with van der Waals surface area (Å²) in [6.07, 6.45) is 1.81. The largest absolute Gasteiger partial charge is 0.438 e. The molecule has 20 heavy (non-hydrogen) atoms. The fourth-order valence-electron chi connectivity index (χ4n) is 1.86. The Morgan fingerprint density at radius 2 is 2.10 bits per heavy atom. The average molecular weight is 292 g/mol. The Morgan fingerprint density at radius 3 is 2.75 bits per heavy atom. The summed E-state index contributed by atoms with van der Waals surface area (Å²) in [7, 11) is 1.84. The predicted molar refractivity (Wildman–Crippen MR) is 81.8 cm³/mol. The number of halogens is 1. The van der Waals surface area contributed by atoms with Crippen LogP contribution in [0.4, 0.5) is 5.82 Å². The molecule has 0 radical (unpaired) electrons. The SMILES string of the molecule is CCCc1nc(NC)c(C)c(Oc2cccc(Cl)c2)n1. The number of ether oxygens (including phenoxy) is 1. The molecule has 2 rings (SSSR count). The molecule has 0 aliphatic carbocycles. The van der Waals surface area contributed by atoms with Crippen LogP contribution in [0.1, 0.15) is 24.7 Å². The maximum Gasteiger partial charge on any atom is 0.227 e. The van der Waals surface area contributed by atoms with Crippen LogP contribution in [0, 0.1) is 6.92 Å². The van der Waals surface area contributed by atoms with E-state index in [1.54, 1.807) is 6.07 Å². The number of aryl methyl sites for hydroxylation is 1. The van der Waals surface area contributed by atoms with E-state index in [9.17, 15) is 0 Å². The highest BCUT2D eigenvalue weighted by Crippen LogP contribution is 2.28. The van der Waals surface area contributed by atoms with Crippen molar-refractivity contribution < 1.29 is 4.74 Å². The van der Waals surface area contributed by atoms with Crippen molar-refractivity contribution in [3.8, 4) is 11.6 Å². The van der Waals surface area contributed by atoms with E-state index < -0.39 is 0 Å². The van der Waals surface area contributed by atoms with Gasteiger partial charge < -0.3 is 10.1 Å². The van der Waals surface area contributed by atoms with E-state index in [0.29, 0.717) is 16.7 Å². The lowest BCUT2D eigenvalue weighted by molar-refractivity contribution is 0.454. The lowest BCUT2D eigenvalue weighted by atomic mass is 10.2. The summed E-state index contributed by atoms with van der Waals surface area (Å²) in [6.45, 7) is 4.03. The first-order chi connectivity index (χ1) is 9.63. The summed E-state index contributed by atoms with van der Waals surface area (Å²) in [4.78, 5) is 8.95. The Hall–Kier alpha value is -1.81. The van der Waals surface area contributed by atoms with Crippen LogP contribution >= 0.6 is 11.6 Å².